The summed E-state index contributed by atoms with van der Waals surface area (Å²) in [4.78, 5) is 4.98. The molecule has 1 aromatic rings. The predicted octanol–water partition coefficient (Wildman–Crippen LogP) is -2.11. The minimum Gasteiger partial charge on any atom is -1.00 e. The van der Waals surface area contributed by atoms with E-state index in [1.807, 2.05) is 9.79 Å². The SMILES string of the molecule is CCC1=[N+]([Fe+2])C=CCC1=Nc1cccc2c1CCCC2.[Cl-].[Cl-]. The zero-order valence-electron chi connectivity index (χ0n) is 12.6. The predicted molar refractivity (Wildman–Crippen MR) is 79.5 cm³/mol. The molecule has 0 N–H and O–H groups in total. The van der Waals surface area contributed by atoms with E-state index in [1.54, 1.807) is 0 Å². The van der Waals surface area contributed by atoms with Crippen LogP contribution < -0.4 is 24.8 Å². The van der Waals surface area contributed by atoms with Gasteiger partial charge in [0.15, 0.2) is 0 Å². The molecular weight excluding hydrogens is 359 g/mol. The summed E-state index contributed by atoms with van der Waals surface area (Å²) in [5.74, 6) is 0. The monoisotopic (exact) mass is 378 g/mol. The third kappa shape index (κ3) is 4.02. The first kappa shape index (κ1) is 19.4. The van der Waals surface area contributed by atoms with Crippen LogP contribution in [0.3, 0.4) is 0 Å². The standard InChI is InChI=1S/C17H20N2.2ClH.Fe/c1-2-15-17(11-6-12-18-15)19-16-10-5-8-13-7-3-4-9-14(13)16;;;/h5-6,8,10,12H,2-4,7,9,11H2,1H3;2*1H;/q;;;+3/p-2. The Morgan fingerprint density at radius 1 is 1.18 bits per heavy atom. The van der Waals surface area contributed by atoms with E-state index in [-0.39, 0.29) is 24.8 Å². The van der Waals surface area contributed by atoms with Gasteiger partial charge in [0, 0.05) is 0 Å². The number of rotatable bonds is 2. The van der Waals surface area contributed by atoms with Crippen LogP contribution in [-0.2, 0) is 29.1 Å². The number of aryl methyl sites for hydroxylation is 1. The second-order valence-electron chi connectivity index (χ2n) is 5.37. The summed E-state index contributed by atoms with van der Waals surface area (Å²) >= 11 is 4.06. The number of aliphatic imine (C=N–C) groups is 1. The molecule has 1 heterocycles. The second-order valence-corrected chi connectivity index (χ2v) is 5.90. The van der Waals surface area contributed by atoms with Gasteiger partial charge in [-0.2, -0.15) is 0 Å². The third-order valence-corrected chi connectivity index (χ3v) is 4.55. The first-order valence-electron chi connectivity index (χ1n) is 7.44. The van der Waals surface area contributed by atoms with Crippen molar-refractivity contribution in [3.8, 4) is 0 Å². The molecule has 0 atom stereocenters. The minimum absolute atomic E-state index is 0. The smallest absolute Gasteiger partial charge is 1.00 e. The van der Waals surface area contributed by atoms with E-state index in [4.69, 9.17) is 4.99 Å². The van der Waals surface area contributed by atoms with Crippen LogP contribution in [-0.4, -0.2) is 15.0 Å². The van der Waals surface area contributed by atoms with Gasteiger partial charge in [0.25, 0.3) is 0 Å². The molecule has 3 rings (SSSR count). The van der Waals surface area contributed by atoms with Gasteiger partial charge < -0.3 is 24.8 Å². The van der Waals surface area contributed by atoms with Gasteiger partial charge in [-0.3, -0.25) is 0 Å². The van der Waals surface area contributed by atoms with Crippen molar-refractivity contribution in [3.05, 3.63) is 41.6 Å². The number of halogens is 2. The zero-order valence-corrected chi connectivity index (χ0v) is 15.2. The first-order chi connectivity index (χ1) is 9.79. The molecule has 0 saturated heterocycles. The fourth-order valence-corrected chi connectivity index (χ4v) is 3.49. The molecule has 2 nitrogen and oxygen atoms in total. The van der Waals surface area contributed by atoms with Crippen LogP contribution in [0.4, 0.5) is 5.69 Å². The molecule has 22 heavy (non-hydrogen) atoms. The van der Waals surface area contributed by atoms with E-state index in [0.717, 1.165) is 12.8 Å². The average Bonchev–Trinajstić information content (AvgIpc) is 2.48. The molecule has 0 saturated carbocycles. The first-order valence-corrected chi connectivity index (χ1v) is 7.94. The van der Waals surface area contributed by atoms with E-state index >= 15 is 0 Å². The molecule has 0 radical (unpaired) electrons. The van der Waals surface area contributed by atoms with Crippen LogP contribution in [0.5, 0.6) is 0 Å². The summed E-state index contributed by atoms with van der Waals surface area (Å²) in [6, 6.07) is 6.57. The topological polar surface area (TPSA) is 15.4 Å². The van der Waals surface area contributed by atoms with Crippen LogP contribution in [0.25, 0.3) is 0 Å². The van der Waals surface area contributed by atoms with Crippen molar-refractivity contribution < 1.29 is 44.6 Å². The summed E-state index contributed by atoms with van der Waals surface area (Å²) < 4.78 is 1.96. The summed E-state index contributed by atoms with van der Waals surface area (Å²) in [6.07, 6.45) is 11.1. The van der Waals surface area contributed by atoms with Crippen molar-refractivity contribution in [2.45, 2.75) is 45.4 Å². The molecule has 2 aliphatic rings. The fourth-order valence-electron chi connectivity index (χ4n) is 3.05. The molecule has 0 amide bonds. The van der Waals surface area contributed by atoms with Gasteiger partial charge in [-0.25, -0.2) is 0 Å². The largest absolute Gasteiger partial charge is 1.00 e. The fraction of sp³-hybridized carbons (Fsp3) is 0.412. The maximum absolute atomic E-state index is 4.98. The van der Waals surface area contributed by atoms with Crippen LogP contribution in [0.1, 0.15) is 43.7 Å². The van der Waals surface area contributed by atoms with Crippen molar-refractivity contribution in [3.63, 3.8) is 0 Å². The van der Waals surface area contributed by atoms with Gasteiger partial charge in [0.05, 0.1) is 0 Å². The molecule has 1 aliphatic carbocycles. The summed E-state index contributed by atoms with van der Waals surface area (Å²) in [6.45, 7) is 2.17. The molecular formula is C17H20Cl2FeN2+. The van der Waals surface area contributed by atoms with Crippen molar-refractivity contribution >= 4 is 17.1 Å². The Morgan fingerprint density at radius 2 is 1.95 bits per heavy atom. The van der Waals surface area contributed by atoms with Crippen molar-refractivity contribution in [2.24, 2.45) is 4.99 Å². The molecule has 0 aromatic heterocycles. The minimum atomic E-state index is 0. The number of allylic oxidation sites excluding steroid dienone is 1. The Labute approximate surface area is 153 Å². The van der Waals surface area contributed by atoms with Crippen LogP contribution >= 0.6 is 0 Å². The molecule has 1 aromatic carbocycles. The second kappa shape index (κ2) is 8.88. The summed E-state index contributed by atoms with van der Waals surface area (Å²) in [5.41, 5.74) is 6.54. The van der Waals surface area contributed by atoms with Crippen LogP contribution in [0.15, 0.2) is 35.5 Å². The van der Waals surface area contributed by atoms with E-state index in [2.05, 4.69) is 47.4 Å². The van der Waals surface area contributed by atoms with Crippen LogP contribution in [0.2, 0.25) is 0 Å². The Bertz CT molecular complexity index is 621. The van der Waals surface area contributed by atoms with Crippen molar-refractivity contribution in [1.82, 2.24) is 0 Å². The Morgan fingerprint density at radius 3 is 2.73 bits per heavy atom. The maximum Gasteiger partial charge on any atom is -1.00 e. The molecule has 5 heteroatoms. The van der Waals surface area contributed by atoms with Crippen molar-refractivity contribution in [1.29, 1.82) is 0 Å². The molecule has 0 unspecified atom stereocenters. The Hall–Kier alpha value is -0.601. The number of fused-ring (bicyclic) bond motifs is 1. The van der Waals surface area contributed by atoms with E-state index in [1.165, 1.54) is 53.9 Å². The third-order valence-electron chi connectivity index (χ3n) is 4.09. The van der Waals surface area contributed by atoms with E-state index in [9.17, 15) is 0 Å². The number of nitrogens with zero attached hydrogens (tertiary/aromatic N) is 2. The van der Waals surface area contributed by atoms with E-state index in [0.29, 0.717) is 0 Å². The summed E-state index contributed by atoms with van der Waals surface area (Å²) in [5, 5.41) is 0. The molecule has 0 spiro atoms. The summed E-state index contributed by atoms with van der Waals surface area (Å²) in [7, 11) is 0. The quantitative estimate of drug-likeness (QED) is 0.523. The molecule has 0 bridgehead atoms. The zero-order chi connectivity index (χ0) is 13.9. The van der Waals surface area contributed by atoms with Gasteiger partial charge in [0.1, 0.15) is 0 Å². The van der Waals surface area contributed by atoms with Gasteiger partial charge in [0.2, 0.25) is 0 Å². The normalized spacial score (nSPS) is 18.5. The van der Waals surface area contributed by atoms with Gasteiger partial charge in [-0.15, -0.1) is 0 Å². The number of benzene rings is 1. The number of hydrogen-bond acceptors (Lipinski definition) is 1. The maximum atomic E-state index is 4.98. The van der Waals surface area contributed by atoms with E-state index < -0.39 is 0 Å². The average molecular weight is 379 g/mol. The van der Waals surface area contributed by atoms with Crippen LogP contribution in [0, 0.1) is 0 Å². The Kier molecular flexibility index (Phi) is 7.85. The molecule has 1 aliphatic heterocycles. The Balaban J connectivity index is 0.00000121. The molecule has 0 fully saturated rings. The van der Waals surface area contributed by atoms with Gasteiger partial charge >= 0.3 is 129 Å². The van der Waals surface area contributed by atoms with Crippen molar-refractivity contribution in [2.75, 3.05) is 0 Å². The number of hydrogen-bond donors (Lipinski definition) is 0. The van der Waals surface area contributed by atoms with Gasteiger partial charge in [-0.05, 0) is 0 Å². The van der Waals surface area contributed by atoms with Gasteiger partial charge in [-0.1, -0.05) is 0 Å². The molecule has 119 valence electrons.